The van der Waals surface area contributed by atoms with E-state index in [1.807, 2.05) is 13.8 Å². The molecule has 0 aromatic heterocycles. The second-order valence-corrected chi connectivity index (χ2v) is 3.77. The van der Waals surface area contributed by atoms with Crippen LogP contribution in [0.5, 0.6) is 0 Å². The van der Waals surface area contributed by atoms with E-state index in [9.17, 15) is 4.79 Å². The fourth-order valence-electron chi connectivity index (χ4n) is 0.893. The Morgan fingerprint density at radius 1 is 1.58 bits per heavy atom. The highest BCUT2D eigenvalue weighted by Crippen LogP contribution is 2.10. The van der Waals surface area contributed by atoms with Gasteiger partial charge in [0.25, 0.3) is 0 Å². The molecule has 0 aliphatic rings. The van der Waals surface area contributed by atoms with E-state index in [-0.39, 0.29) is 12.0 Å². The van der Waals surface area contributed by atoms with Crippen LogP contribution >= 0.6 is 11.6 Å². The first-order valence-corrected chi connectivity index (χ1v) is 4.54. The van der Waals surface area contributed by atoms with E-state index in [1.165, 1.54) is 0 Å². The molecule has 0 aromatic rings. The smallest absolute Gasteiger partial charge is 0.303 e. The minimum atomic E-state index is -0.754. The number of carbonyl (C=O) groups is 1. The molecular weight excluding hydrogens is 178 g/mol. The van der Waals surface area contributed by atoms with Crippen molar-refractivity contribution < 1.29 is 9.90 Å². The monoisotopic (exact) mass is 193 g/mol. The Labute approximate surface area is 78.1 Å². The number of alkyl halides is 1. The van der Waals surface area contributed by atoms with Gasteiger partial charge in [-0.3, -0.25) is 4.79 Å². The van der Waals surface area contributed by atoms with E-state index >= 15 is 0 Å². The normalized spacial score (nSPS) is 11.6. The highest BCUT2D eigenvalue weighted by Gasteiger charge is 2.17. The van der Waals surface area contributed by atoms with Crippen molar-refractivity contribution >= 4 is 17.6 Å². The molecule has 0 unspecified atom stereocenters. The van der Waals surface area contributed by atoms with Gasteiger partial charge in [-0.25, -0.2) is 0 Å². The molecule has 0 bridgehead atoms. The lowest BCUT2D eigenvalue weighted by atomic mass is 9.98. The number of carboxylic acids is 1. The van der Waals surface area contributed by atoms with Gasteiger partial charge in [-0.1, -0.05) is 0 Å². The van der Waals surface area contributed by atoms with E-state index in [1.54, 1.807) is 0 Å². The van der Waals surface area contributed by atoms with Crippen LogP contribution in [0.3, 0.4) is 0 Å². The quantitative estimate of drug-likeness (QED) is 0.628. The molecule has 0 atom stereocenters. The second-order valence-electron chi connectivity index (χ2n) is 3.39. The first kappa shape index (κ1) is 11.7. The largest absolute Gasteiger partial charge is 0.481 e. The number of nitrogens with one attached hydrogen (secondary N) is 1. The van der Waals surface area contributed by atoms with Gasteiger partial charge in [0.05, 0.1) is 0 Å². The third-order valence-corrected chi connectivity index (χ3v) is 1.85. The van der Waals surface area contributed by atoms with Crippen LogP contribution in [0, 0.1) is 0 Å². The number of hydrogen-bond donors (Lipinski definition) is 2. The van der Waals surface area contributed by atoms with E-state index in [4.69, 9.17) is 16.7 Å². The van der Waals surface area contributed by atoms with Crippen molar-refractivity contribution in [3.8, 4) is 0 Å². The van der Waals surface area contributed by atoms with Crippen LogP contribution < -0.4 is 5.32 Å². The maximum atomic E-state index is 10.3. The zero-order valence-corrected chi connectivity index (χ0v) is 8.32. The average molecular weight is 194 g/mol. The molecule has 0 aromatic carbocycles. The number of aliphatic carboxylic acids is 1. The van der Waals surface area contributed by atoms with Crippen molar-refractivity contribution in [3.05, 3.63) is 0 Å². The van der Waals surface area contributed by atoms with E-state index in [0.29, 0.717) is 18.8 Å². The van der Waals surface area contributed by atoms with Crippen LogP contribution in [0.2, 0.25) is 0 Å². The zero-order valence-electron chi connectivity index (χ0n) is 7.56. The van der Waals surface area contributed by atoms with Crippen molar-refractivity contribution in [1.29, 1.82) is 0 Å². The van der Waals surface area contributed by atoms with Crippen LogP contribution in [-0.2, 0) is 4.79 Å². The van der Waals surface area contributed by atoms with E-state index in [0.717, 1.165) is 0 Å². The molecule has 0 saturated carbocycles. The minimum Gasteiger partial charge on any atom is -0.481 e. The maximum absolute atomic E-state index is 10.3. The number of rotatable bonds is 6. The number of carboxylic acid groups (broad SMARTS) is 1. The summed E-state index contributed by atoms with van der Waals surface area (Å²) in [4.78, 5) is 10.3. The van der Waals surface area contributed by atoms with Gasteiger partial charge in [-0.15, -0.1) is 11.6 Å². The highest BCUT2D eigenvalue weighted by atomic mass is 35.5. The molecule has 0 aliphatic heterocycles. The van der Waals surface area contributed by atoms with Gasteiger partial charge in [-0.05, 0) is 20.3 Å². The first-order valence-electron chi connectivity index (χ1n) is 4.01. The maximum Gasteiger partial charge on any atom is 0.303 e. The van der Waals surface area contributed by atoms with Gasteiger partial charge >= 0.3 is 5.97 Å². The van der Waals surface area contributed by atoms with Crippen molar-refractivity contribution in [1.82, 2.24) is 5.32 Å². The molecule has 2 N–H and O–H groups in total. The highest BCUT2D eigenvalue weighted by molar-refractivity contribution is 6.18. The lowest BCUT2D eigenvalue weighted by Gasteiger charge is -2.25. The van der Waals surface area contributed by atoms with Crippen LogP contribution in [-0.4, -0.2) is 29.0 Å². The van der Waals surface area contributed by atoms with E-state index < -0.39 is 5.97 Å². The van der Waals surface area contributed by atoms with Crippen molar-refractivity contribution in [3.63, 3.8) is 0 Å². The summed E-state index contributed by atoms with van der Waals surface area (Å²) >= 11 is 5.49. The summed E-state index contributed by atoms with van der Waals surface area (Å²) < 4.78 is 0. The summed E-state index contributed by atoms with van der Waals surface area (Å²) in [6, 6.07) is 0. The minimum absolute atomic E-state index is 0.132. The van der Waals surface area contributed by atoms with Gasteiger partial charge in [0.2, 0.25) is 0 Å². The lowest BCUT2D eigenvalue weighted by molar-refractivity contribution is -0.137. The first-order chi connectivity index (χ1) is 5.48. The molecule has 0 amide bonds. The lowest BCUT2D eigenvalue weighted by Crippen LogP contribution is -2.40. The van der Waals surface area contributed by atoms with Crippen molar-refractivity contribution in [2.45, 2.75) is 32.2 Å². The summed E-state index contributed by atoms with van der Waals surface area (Å²) in [7, 11) is 0. The summed E-state index contributed by atoms with van der Waals surface area (Å²) in [5.41, 5.74) is -0.132. The average Bonchev–Trinajstić information content (AvgIpc) is 1.98. The van der Waals surface area contributed by atoms with Crippen LogP contribution in [0.4, 0.5) is 0 Å². The summed E-state index contributed by atoms with van der Waals surface area (Å²) in [5, 5.41) is 11.6. The molecule has 0 saturated heterocycles. The predicted molar refractivity (Wildman–Crippen MR) is 49.7 cm³/mol. The molecule has 72 valence electrons. The summed E-state index contributed by atoms with van der Waals surface area (Å²) in [6.45, 7) is 4.67. The fraction of sp³-hybridized carbons (Fsp3) is 0.875. The molecule has 4 heteroatoms. The Hall–Kier alpha value is -0.280. The Kier molecular flexibility index (Phi) is 5.25. The van der Waals surface area contributed by atoms with Gasteiger partial charge in [0, 0.05) is 24.4 Å². The molecule has 0 fully saturated rings. The summed E-state index contributed by atoms with van der Waals surface area (Å²) in [5.74, 6) is -0.202. The molecule has 12 heavy (non-hydrogen) atoms. The number of halogens is 1. The second kappa shape index (κ2) is 5.38. The Balaban J connectivity index is 3.63. The van der Waals surface area contributed by atoms with Crippen LogP contribution in [0.25, 0.3) is 0 Å². The van der Waals surface area contributed by atoms with E-state index in [2.05, 4.69) is 5.32 Å². The molecule has 3 nitrogen and oxygen atoms in total. The predicted octanol–water partition coefficient (Wildman–Crippen LogP) is 1.46. The fourth-order valence-corrected chi connectivity index (χ4v) is 0.988. The third-order valence-electron chi connectivity index (χ3n) is 1.66. The number of hydrogen-bond acceptors (Lipinski definition) is 2. The topological polar surface area (TPSA) is 49.3 Å². The van der Waals surface area contributed by atoms with Gasteiger partial charge in [0.1, 0.15) is 0 Å². The van der Waals surface area contributed by atoms with Gasteiger partial charge < -0.3 is 10.4 Å². The SMILES string of the molecule is CC(C)(CCC(=O)O)NCCCl. The molecule has 0 heterocycles. The summed E-state index contributed by atoms with van der Waals surface area (Å²) in [6.07, 6.45) is 0.821. The Bertz CT molecular complexity index is 148. The molecule has 0 aliphatic carbocycles. The molecule has 0 radical (unpaired) electrons. The van der Waals surface area contributed by atoms with Gasteiger partial charge in [0.15, 0.2) is 0 Å². The van der Waals surface area contributed by atoms with Crippen molar-refractivity contribution in [2.24, 2.45) is 0 Å². The van der Waals surface area contributed by atoms with Crippen molar-refractivity contribution in [2.75, 3.05) is 12.4 Å². The Morgan fingerprint density at radius 2 is 2.17 bits per heavy atom. The molecule has 0 spiro atoms. The molecular formula is C8H16ClNO2. The Morgan fingerprint density at radius 3 is 2.58 bits per heavy atom. The molecule has 0 rings (SSSR count). The third kappa shape index (κ3) is 6.43. The standard InChI is InChI=1S/C8H16ClNO2/c1-8(2,10-6-5-9)4-3-7(11)12/h10H,3-6H2,1-2H3,(H,11,12). The zero-order chi connectivity index (χ0) is 9.61. The van der Waals surface area contributed by atoms with Crippen LogP contribution in [0.1, 0.15) is 26.7 Å². The van der Waals surface area contributed by atoms with Gasteiger partial charge in [-0.2, -0.15) is 0 Å². The van der Waals surface area contributed by atoms with Crippen LogP contribution in [0.15, 0.2) is 0 Å².